The Hall–Kier alpha value is -1.14. The Morgan fingerprint density at radius 2 is 2.00 bits per heavy atom. The molecule has 0 aromatic heterocycles. The van der Waals surface area contributed by atoms with Crippen molar-refractivity contribution < 1.29 is 19.4 Å². The summed E-state index contributed by atoms with van der Waals surface area (Å²) in [6.45, 7) is 5.55. The Bertz CT molecular complexity index is 290. The molecular formula is C11H20N2O4. The molecule has 2 unspecified atom stereocenters. The number of piperidine rings is 1. The summed E-state index contributed by atoms with van der Waals surface area (Å²) in [6, 6.07) is -0.439. The molecule has 0 aromatic carbocycles. The van der Waals surface area contributed by atoms with Gasteiger partial charge in [0.1, 0.15) is 5.60 Å². The zero-order valence-electron chi connectivity index (χ0n) is 10.4. The SMILES string of the molecule is CC(C)(C)OC(=O)NC(=O)C1CCC(O)CN1. The molecule has 1 rings (SSSR count). The Kier molecular flexibility index (Phi) is 4.47. The smallest absolute Gasteiger partial charge is 0.414 e. The number of alkyl carbamates (subject to hydrolysis) is 1. The van der Waals surface area contributed by atoms with Crippen LogP contribution in [0.25, 0.3) is 0 Å². The van der Waals surface area contributed by atoms with Crippen LogP contribution in [0.4, 0.5) is 4.79 Å². The lowest BCUT2D eigenvalue weighted by molar-refractivity contribution is -0.123. The van der Waals surface area contributed by atoms with E-state index in [9.17, 15) is 14.7 Å². The molecule has 2 atom stereocenters. The number of hydrogen-bond donors (Lipinski definition) is 3. The summed E-state index contributed by atoms with van der Waals surface area (Å²) in [4.78, 5) is 23.0. The van der Waals surface area contributed by atoms with Gasteiger partial charge < -0.3 is 15.2 Å². The molecule has 1 saturated heterocycles. The highest BCUT2D eigenvalue weighted by atomic mass is 16.6. The normalized spacial score (nSPS) is 25.2. The third-order valence-corrected chi connectivity index (χ3v) is 2.33. The van der Waals surface area contributed by atoms with Gasteiger partial charge >= 0.3 is 6.09 Å². The fraction of sp³-hybridized carbons (Fsp3) is 0.818. The molecule has 0 aromatic rings. The van der Waals surface area contributed by atoms with Crippen molar-refractivity contribution in [3.8, 4) is 0 Å². The van der Waals surface area contributed by atoms with Crippen molar-refractivity contribution in [2.24, 2.45) is 0 Å². The van der Waals surface area contributed by atoms with Crippen LogP contribution in [-0.2, 0) is 9.53 Å². The molecule has 6 heteroatoms. The van der Waals surface area contributed by atoms with Crippen molar-refractivity contribution in [1.29, 1.82) is 0 Å². The number of ether oxygens (including phenoxy) is 1. The Morgan fingerprint density at radius 3 is 2.47 bits per heavy atom. The van der Waals surface area contributed by atoms with Crippen LogP contribution < -0.4 is 10.6 Å². The lowest BCUT2D eigenvalue weighted by Crippen LogP contribution is -2.52. The molecule has 0 aliphatic carbocycles. The van der Waals surface area contributed by atoms with Gasteiger partial charge in [0.2, 0.25) is 5.91 Å². The monoisotopic (exact) mass is 244 g/mol. The molecule has 0 saturated carbocycles. The van der Waals surface area contributed by atoms with E-state index in [1.807, 2.05) is 0 Å². The second kappa shape index (κ2) is 5.46. The average molecular weight is 244 g/mol. The number of aliphatic hydroxyl groups is 1. The second-order valence-corrected chi connectivity index (χ2v) is 5.18. The van der Waals surface area contributed by atoms with E-state index in [1.54, 1.807) is 20.8 Å². The van der Waals surface area contributed by atoms with Gasteiger partial charge in [-0.3, -0.25) is 10.1 Å². The van der Waals surface area contributed by atoms with Crippen LogP contribution in [0.1, 0.15) is 33.6 Å². The third kappa shape index (κ3) is 5.14. The molecule has 1 aliphatic rings. The first-order valence-electron chi connectivity index (χ1n) is 5.73. The van der Waals surface area contributed by atoms with Gasteiger partial charge in [0.15, 0.2) is 0 Å². The number of carbonyl (C=O) groups excluding carboxylic acids is 2. The van der Waals surface area contributed by atoms with E-state index < -0.39 is 29.7 Å². The lowest BCUT2D eigenvalue weighted by Gasteiger charge is -2.26. The summed E-state index contributed by atoms with van der Waals surface area (Å²) in [6.07, 6.45) is -0.0918. The topological polar surface area (TPSA) is 87.7 Å². The summed E-state index contributed by atoms with van der Waals surface area (Å²) in [5.74, 6) is -0.411. The minimum atomic E-state index is -0.740. The fourth-order valence-corrected chi connectivity index (χ4v) is 1.56. The summed E-state index contributed by atoms with van der Waals surface area (Å²) >= 11 is 0. The molecule has 1 aliphatic heterocycles. The van der Waals surface area contributed by atoms with Gasteiger partial charge in [-0.25, -0.2) is 4.79 Å². The van der Waals surface area contributed by atoms with Crippen LogP contribution in [0.3, 0.4) is 0 Å². The summed E-state index contributed by atoms with van der Waals surface area (Å²) in [5.41, 5.74) is -0.624. The van der Waals surface area contributed by atoms with E-state index in [-0.39, 0.29) is 0 Å². The second-order valence-electron chi connectivity index (χ2n) is 5.18. The highest BCUT2D eigenvalue weighted by molar-refractivity contribution is 5.95. The number of amides is 2. The van der Waals surface area contributed by atoms with E-state index >= 15 is 0 Å². The van der Waals surface area contributed by atoms with Crippen LogP contribution in [0.2, 0.25) is 0 Å². The summed E-state index contributed by atoms with van der Waals surface area (Å²) in [7, 11) is 0. The quantitative estimate of drug-likeness (QED) is 0.611. The number of rotatable bonds is 1. The van der Waals surface area contributed by atoms with Crippen molar-refractivity contribution in [3.05, 3.63) is 0 Å². The van der Waals surface area contributed by atoms with Crippen molar-refractivity contribution in [1.82, 2.24) is 10.6 Å². The van der Waals surface area contributed by atoms with Gasteiger partial charge in [0.05, 0.1) is 12.1 Å². The molecular weight excluding hydrogens is 224 g/mol. The maximum Gasteiger partial charge on any atom is 0.414 e. The standard InChI is InChI=1S/C11H20N2O4/c1-11(2,3)17-10(16)13-9(15)8-5-4-7(14)6-12-8/h7-8,12,14H,4-6H2,1-3H3,(H,13,15,16). The predicted molar refractivity (Wildman–Crippen MR) is 61.4 cm³/mol. The van der Waals surface area contributed by atoms with Crippen LogP contribution in [0.5, 0.6) is 0 Å². The average Bonchev–Trinajstić information content (AvgIpc) is 2.15. The van der Waals surface area contributed by atoms with Gasteiger partial charge in [-0.05, 0) is 33.6 Å². The number of nitrogens with one attached hydrogen (secondary N) is 2. The third-order valence-electron chi connectivity index (χ3n) is 2.33. The number of aliphatic hydroxyl groups excluding tert-OH is 1. The van der Waals surface area contributed by atoms with Gasteiger partial charge in [-0.15, -0.1) is 0 Å². The number of carbonyl (C=O) groups is 2. The number of β-amino-alcohol motifs (C(OH)–C–C–N with tert-alkyl or cyclic N) is 1. The molecule has 1 heterocycles. The summed E-state index contributed by atoms with van der Waals surface area (Å²) in [5, 5.41) is 14.3. The van der Waals surface area contributed by atoms with Crippen LogP contribution in [-0.4, -0.2) is 41.4 Å². The zero-order valence-corrected chi connectivity index (χ0v) is 10.4. The first-order chi connectivity index (χ1) is 7.78. The Morgan fingerprint density at radius 1 is 1.35 bits per heavy atom. The van der Waals surface area contributed by atoms with E-state index in [1.165, 1.54) is 0 Å². The van der Waals surface area contributed by atoms with Crippen LogP contribution in [0.15, 0.2) is 0 Å². The molecule has 98 valence electrons. The van der Waals surface area contributed by atoms with Gasteiger partial charge in [-0.2, -0.15) is 0 Å². The lowest BCUT2D eigenvalue weighted by atomic mass is 10.0. The van der Waals surface area contributed by atoms with Crippen molar-refractivity contribution in [2.45, 2.75) is 51.4 Å². The first-order valence-corrected chi connectivity index (χ1v) is 5.73. The molecule has 2 amide bonds. The Balaban J connectivity index is 2.36. The number of hydrogen-bond acceptors (Lipinski definition) is 5. The van der Waals surface area contributed by atoms with Crippen LogP contribution in [0, 0.1) is 0 Å². The molecule has 3 N–H and O–H groups in total. The zero-order chi connectivity index (χ0) is 13.1. The largest absolute Gasteiger partial charge is 0.444 e. The molecule has 0 radical (unpaired) electrons. The van der Waals surface area contributed by atoms with E-state index in [0.29, 0.717) is 19.4 Å². The van der Waals surface area contributed by atoms with E-state index in [2.05, 4.69) is 10.6 Å². The van der Waals surface area contributed by atoms with Crippen LogP contribution >= 0.6 is 0 Å². The maximum atomic E-state index is 11.6. The van der Waals surface area contributed by atoms with E-state index in [0.717, 1.165) is 0 Å². The van der Waals surface area contributed by atoms with Crippen molar-refractivity contribution >= 4 is 12.0 Å². The Labute approximate surface area is 101 Å². The first kappa shape index (κ1) is 13.9. The molecule has 1 fully saturated rings. The van der Waals surface area contributed by atoms with Crippen molar-refractivity contribution in [2.75, 3.05) is 6.54 Å². The van der Waals surface area contributed by atoms with Crippen molar-refractivity contribution in [3.63, 3.8) is 0 Å². The summed E-state index contributed by atoms with van der Waals surface area (Å²) < 4.78 is 4.97. The van der Waals surface area contributed by atoms with E-state index in [4.69, 9.17) is 4.74 Å². The molecule has 0 spiro atoms. The van der Waals surface area contributed by atoms with Gasteiger partial charge in [0.25, 0.3) is 0 Å². The predicted octanol–water partition coefficient (Wildman–Crippen LogP) is 0.151. The highest BCUT2D eigenvalue weighted by Crippen LogP contribution is 2.09. The molecule has 17 heavy (non-hydrogen) atoms. The minimum absolute atomic E-state index is 0.367. The highest BCUT2D eigenvalue weighted by Gasteiger charge is 2.27. The maximum absolute atomic E-state index is 11.6. The number of imide groups is 1. The van der Waals surface area contributed by atoms with Gasteiger partial charge in [-0.1, -0.05) is 0 Å². The minimum Gasteiger partial charge on any atom is -0.444 e. The van der Waals surface area contributed by atoms with Gasteiger partial charge in [0, 0.05) is 6.54 Å². The molecule has 0 bridgehead atoms. The fourth-order valence-electron chi connectivity index (χ4n) is 1.56. The molecule has 6 nitrogen and oxygen atoms in total.